The summed E-state index contributed by atoms with van der Waals surface area (Å²) in [6.07, 6.45) is 0.657. The van der Waals surface area contributed by atoms with Gasteiger partial charge in [-0.25, -0.2) is 17.9 Å². The van der Waals surface area contributed by atoms with E-state index in [1.165, 1.54) is 12.1 Å². The van der Waals surface area contributed by atoms with Crippen LogP contribution in [0.1, 0.15) is 37.6 Å². The van der Waals surface area contributed by atoms with Gasteiger partial charge in [0.2, 0.25) is 10.0 Å². The molecule has 1 aromatic rings. The lowest BCUT2D eigenvalue weighted by Crippen LogP contribution is -2.34. The van der Waals surface area contributed by atoms with Gasteiger partial charge in [-0.2, -0.15) is 0 Å². The van der Waals surface area contributed by atoms with Gasteiger partial charge in [0.1, 0.15) is 0 Å². The molecule has 20 heavy (non-hydrogen) atoms. The topological polar surface area (TPSA) is 109 Å². The SMILES string of the molecule is CC(C)CC(C)NS(=O)(=O)c1cc(N)ccc1C(=O)O. The molecule has 0 radical (unpaired) electrons. The molecule has 0 heterocycles. The zero-order chi connectivity index (χ0) is 15.5. The van der Waals surface area contributed by atoms with Gasteiger partial charge in [0.15, 0.2) is 0 Å². The molecule has 7 heteroatoms. The monoisotopic (exact) mass is 300 g/mol. The number of aromatic carboxylic acids is 1. The maximum Gasteiger partial charge on any atom is 0.337 e. The second-order valence-corrected chi connectivity index (χ2v) is 6.90. The molecule has 0 bridgehead atoms. The molecule has 1 atom stereocenters. The van der Waals surface area contributed by atoms with Gasteiger partial charge >= 0.3 is 5.97 Å². The van der Waals surface area contributed by atoms with Crippen molar-refractivity contribution in [3.05, 3.63) is 23.8 Å². The molecule has 1 aromatic carbocycles. The number of nitrogens with two attached hydrogens (primary N) is 1. The fourth-order valence-electron chi connectivity index (χ4n) is 2.02. The Balaban J connectivity index is 3.15. The van der Waals surface area contributed by atoms with Crippen molar-refractivity contribution < 1.29 is 18.3 Å². The Morgan fingerprint density at radius 2 is 1.95 bits per heavy atom. The van der Waals surface area contributed by atoms with Gasteiger partial charge in [-0.05, 0) is 37.5 Å². The number of carboxylic acid groups (broad SMARTS) is 1. The van der Waals surface area contributed by atoms with Crippen LogP contribution in [0.4, 0.5) is 5.69 Å². The van der Waals surface area contributed by atoms with E-state index >= 15 is 0 Å². The third kappa shape index (κ3) is 4.21. The second kappa shape index (κ2) is 6.23. The smallest absolute Gasteiger partial charge is 0.337 e. The largest absolute Gasteiger partial charge is 0.478 e. The third-order valence-electron chi connectivity index (χ3n) is 2.71. The molecule has 0 spiro atoms. The minimum Gasteiger partial charge on any atom is -0.478 e. The van der Waals surface area contributed by atoms with Crippen LogP contribution < -0.4 is 10.5 Å². The van der Waals surface area contributed by atoms with Gasteiger partial charge in [0, 0.05) is 11.7 Å². The first-order valence-corrected chi connectivity index (χ1v) is 7.77. The van der Waals surface area contributed by atoms with E-state index < -0.39 is 16.0 Å². The van der Waals surface area contributed by atoms with Crippen LogP contribution in [0.3, 0.4) is 0 Å². The highest BCUT2D eigenvalue weighted by atomic mass is 32.2. The molecular weight excluding hydrogens is 280 g/mol. The molecule has 0 fully saturated rings. The summed E-state index contributed by atoms with van der Waals surface area (Å²) in [4.78, 5) is 10.8. The molecule has 4 N–H and O–H groups in total. The molecule has 112 valence electrons. The molecule has 0 aromatic heterocycles. The highest BCUT2D eigenvalue weighted by Crippen LogP contribution is 2.20. The van der Waals surface area contributed by atoms with Crippen molar-refractivity contribution in [3.8, 4) is 0 Å². The van der Waals surface area contributed by atoms with Crippen LogP contribution in [-0.2, 0) is 10.0 Å². The Morgan fingerprint density at radius 3 is 2.45 bits per heavy atom. The van der Waals surface area contributed by atoms with Gasteiger partial charge in [-0.1, -0.05) is 13.8 Å². The number of benzene rings is 1. The molecule has 0 aliphatic rings. The summed E-state index contributed by atoms with van der Waals surface area (Å²) in [5.74, 6) is -0.977. The number of nitrogen functional groups attached to an aromatic ring is 1. The standard InChI is InChI=1S/C13H20N2O4S/c1-8(2)6-9(3)15-20(18,19)12-7-10(14)4-5-11(12)13(16)17/h4-5,7-9,15H,6,14H2,1-3H3,(H,16,17). The van der Waals surface area contributed by atoms with Crippen LogP contribution >= 0.6 is 0 Å². The zero-order valence-corrected chi connectivity index (χ0v) is 12.6. The normalized spacial score (nSPS) is 13.4. The van der Waals surface area contributed by atoms with Crippen LogP contribution in [0.15, 0.2) is 23.1 Å². The average molecular weight is 300 g/mol. The second-order valence-electron chi connectivity index (χ2n) is 5.21. The van der Waals surface area contributed by atoms with Gasteiger partial charge in [0.25, 0.3) is 0 Å². The molecule has 0 aliphatic carbocycles. The summed E-state index contributed by atoms with van der Waals surface area (Å²) in [7, 11) is -3.91. The molecule has 0 aliphatic heterocycles. The third-order valence-corrected chi connectivity index (χ3v) is 4.34. The Bertz CT molecular complexity index is 596. The highest BCUT2D eigenvalue weighted by molar-refractivity contribution is 7.89. The highest BCUT2D eigenvalue weighted by Gasteiger charge is 2.24. The van der Waals surface area contributed by atoms with Crippen LogP contribution in [0, 0.1) is 5.92 Å². The molecule has 0 saturated carbocycles. The predicted octanol–water partition coefficient (Wildman–Crippen LogP) is 1.68. The summed E-state index contributed by atoms with van der Waals surface area (Å²) in [6.45, 7) is 5.70. The van der Waals surface area contributed by atoms with E-state index in [0.29, 0.717) is 12.3 Å². The zero-order valence-electron chi connectivity index (χ0n) is 11.8. The minimum atomic E-state index is -3.91. The lowest BCUT2D eigenvalue weighted by Gasteiger charge is -2.17. The first kappa shape index (κ1) is 16.5. The summed E-state index contributed by atoms with van der Waals surface area (Å²) >= 11 is 0. The van der Waals surface area contributed by atoms with Gasteiger partial charge in [-0.15, -0.1) is 0 Å². The van der Waals surface area contributed by atoms with Gasteiger partial charge in [0.05, 0.1) is 10.5 Å². The Morgan fingerprint density at radius 1 is 1.35 bits per heavy atom. The van der Waals surface area contributed by atoms with E-state index in [1.54, 1.807) is 6.92 Å². The van der Waals surface area contributed by atoms with Crippen molar-refractivity contribution >= 4 is 21.7 Å². The van der Waals surface area contributed by atoms with Gasteiger partial charge < -0.3 is 10.8 Å². The fraction of sp³-hybridized carbons (Fsp3) is 0.462. The molecule has 1 rings (SSSR count). The summed E-state index contributed by atoms with van der Waals surface area (Å²) in [5.41, 5.74) is 5.46. The van der Waals surface area contributed by atoms with Crippen molar-refractivity contribution in [3.63, 3.8) is 0 Å². The number of anilines is 1. The number of sulfonamides is 1. The summed E-state index contributed by atoms with van der Waals surface area (Å²) in [6, 6.07) is 3.43. The minimum absolute atomic E-state index is 0.201. The van der Waals surface area contributed by atoms with E-state index in [4.69, 9.17) is 10.8 Å². The van der Waals surface area contributed by atoms with Gasteiger partial charge in [-0.3, -0.25) is 0 Å². The average Bonchev–Trinajstić information content (AvgIpc) is 2.26. The van der Waals surface area contributed by atoms with E-state index in [9.17, 15) is 13.2 Å². The van der Waals surface area contributed by atoms with Crippen molar-refractivity contribution in [1.82, 2.24) is 4.72 Å². The Hall–Kier alpha value is -1.60. The lowest BCUT2D eigenvalue weighted by molar-refractivity contribution is 0.0692. The number of rotatable bonds is 6. The number of carbonyl (C=O) groups is 1. The van der Waals surface area contributed by atoms with E-state index in [2.05, 4.69) is 4.72 Å². The number of hydrogen-bond acceptors (Lipinski definition) is 4. The van der Waals surface area contributed by atoms with E-state index in [-0.39, 0.29) is 22.2 Å². The summed E-state index contributed by atoms with van der Waals surface area (Å²) < 4.78 is 27.0. The van der Waals surface area contributed by atoms with E-state index in [1.807, 2.05) is 13.8 Å². The predicted molar refractivity (Wildman–Crippen MR) is 77.1 cm³/mol. The maximum atomic E-state index is 12.3. The van der Waals surface area contributed by atoms with Crippen LogP contribution in [0.25, 0.3) is 0 Å². The first-order chi connectivity index (χ1) is 9.13. The molecular formula is C13H20N2O4S. The van der Waals surface area contributed by atoms with E-state index in [0.717, 1.165) is 6.07 Å². The Kier molecular flexibility index (Phi) is 5.13. The quantitative estimate of drug-likeness (QED) is 0.692. The molecule has 0 amide bonds. The molecule has 0 saturated heterocycles. The lowest BCUT2D eigenvalue weighted by atomic mass is 10.1. The van der Waals surface area contributed by atoms with Crippen LogP contribution in [0.2, 0.25) is 0 Å². The molecule has 1 unspecified atom stereocenters. The van der Waals surface area contributed by atoms with Crippen molar-refractivity contribution in [2.45, 2.75) is 38.1 Å². The first-order valence-electron chi connectivity index (χ1n) is 6.28. The number of nitrogens with one attached hydrogen (secondary N) is 1. The Labute approximate surface area is 119 Å². The van der Waals surface area contributed by atoms with Crippen molar-refractivity contribution in [1.29, 1.82) is 0 Å². The maximum absolute atomic E-state index is 12.3. The number of hydrogen-bond donors (Lipinski definition) is 3. The van der Waals surface area contributed by atoms with Crippen molar-refractivity contribution in [2.24, 2.45) is 5.92 Å². The van der Waals surface area contributed by atoms with Crippen LogP contribution in [0.5, 0.6) is 0 Å². The molecule has 6 nitrogen and oxygen atoms in total. The van der Waals surface area contributed by atoms with Crippen LogP contribution in [-0.4, -0.2) is 25.5 Å². The fourth-order valence-corrected chi connectivity index (χ4v) is 3.51. The number of carboxylic acids is 1. The summed E-state index contributed by atoms with van der Waals surface area (Å²) in [5, 5.41) is 9.07. The van der Waals surface area contributed by atoms with Crippen molar-refractivity contribution in [2.75, 3.05) is 5.73 Å².